The molecule has 0 aromatic heterocycles. The van der Waals surface area contributed by atoms with Crippen molar-refractivity contribution in [3.8, 4) is 22.6 Å². The van der Waals surface area contributed by atoms with Gasteiger partial charge in [0.15, 0.2) is 0 Å². The van der Waals surface area contributed by atoms with E-state index in [4.69, 9.17) is 4.74 Å². The van der Waals surface area contributed by atoms with Gasteiger partial charge in [-0.2, -0.15) is 0 Å². The topological polar surface area (TPSA) is 38.3 Å². The zero-order chi connectivity index (χ0) is 20.1. The summed E-state index contributed by atoms with van der Waals surface area (Å²) >= 11 is 0. The summed E-state index contributed by atoms with van der Waals surface area (Å²) in [5.41, 5.74) is 4.24. The second-order valence-corrected chi connectivity index (χ2v) is 6.76. The predicted molar refractivity (Wildman–Crippen MR) is 118 cm³/mol. The second-order valence-electron chi connectivity index (χ2n) is 6.76. The number of carbonyl (C=O) groups excluding carboxylic acids is 1. The van der Waals surface area contributed by atoms with Crippen LogP contribution in [0.1, 0.15) is 15.9 Å². The molecule has 0 aliphatic rings. The normalized spacial score (nSPS) is 10.4. The van der Waals surface area contributed by atoms with Crippen LogP contribution in [0, 0.1) is 6.92 Å². The first kappa shape index (κ1) is 18.5. The molecule has 0 unspecified atom stereocenters. The summed E-state index contributed by atoms with van der Waals surface area (Å²) in [6, 6.07) is 32.8. The van der Waals surface area contributed by atoms with Gasteiger partial charge in [0, 0.05) is 17.3 Å². The van der Waals surface area contributed by atoms with Crippen LogP contribution in [-0.4, -0.2) is 5.91 Å². The molecule has 4 aromatic carbocycles. The second kappa shape index (κ2) is 8.44. The summed E-state index contributed by atoms with van der Waals surface area (Å²) in [6.45, 7) is 1.96. The highest BCUT2D eigenvalue weighted by atomic mass is 16.5. The van der Waals surface area contributed by atoms with Gasteiger partial charge in [0.25, 0.3) is 5.91 Å². The number of nitrogens with one attached hydrogen (secondary N) is 1. The lowest BCUT2D eigenvalue weighted by molar-refractivity contribution is 0.102. The third-order valence-electron chi connectivity index (χ3n) is 4.69. The molecule has 0 spiro atoms. The van der Waals surface area contributed by atoms with Gasteiger partial charge < -0.3 is 10.1 Å². The minimum absolute atomic E-state index is 0.149. The van der Waals surface area contributed by atoms with Gasteiger partial charge in [-0.05, 0) is 47.9 Å². The van der Waals surface area contributed by atoms with E-state index in [1.54, 1.807) is 0 Å². The highest BCUT2D eigenvalue weighted by Gasteiger charge is 2.14. The summed E-state index contributed by atoms with van der Waals surface area (Å²) in [5.74, 6) is 1.28. The third kappa shape index (κ3) is 4.36. The summed E-state index contributed by atoms with van der Waals surface area (Å²) in [6.07, 6.45) is 0. The number of para-hydroxylation sites is 1. The van der Waals surface area contributed by atoms with E-state index in [2.05, 4.69) is 5.32 Å². The van der Waals surface area contributed by atoms with Gasteiger partial charge in [-0.25, -0.2) is 0 Å². The largest absolute Gasteiger partial charge is 0.457 e. The molecule has 0 aliphatic carbocycles. The van der Waals surface area contributed by atoms with Crippen LogP contribution >= 0.6 is 0 Å². The van der Waals surface area contributed by atoms with Gasteiger partial charge in [0.2, 0.25) is 0 Å². The zero-order valence-electron chi connectivity index (χ0n) is 16.1. The van der Waals surface area contributed by atoms with E-state index in [0.717, 1.165) is 28.1 Å². The number of aryl methyl sites for hydroxylation is 1. The van der Waals surface area contributed by atoms with Crippen molar-refractivity contribution in [1.29, 1.82) is 0 Å². The Hall–Kier alpha value is -3.85. The first-order chi connectivity index (χ1) is 14.2. The van der Waals surface area contributed by atoms with Crippen molar-refractivity contribution in [1.82, 2.24) is 0 Å². The molecular weight excluding hydrogens is 358 g/mol. The number of carbonyl (C=O) groups is 1. The Labute approximate surface area is 170 Å². The summed E-state index contributed by atoms with van der Waals surface area (Å²) in [4.78, 5) is 13.1. The van der Waals surface area contributed by atoms with Crippen LogP contribution in [-0.2, 0) is 0 Å². The maximum Gasteiger partial charge on any atom is 0.256 e. The smallest absolute Gasteiger partial charge is 0.256 e. The number of amides is 1. The molecule has 0 saturated heterocycles. The Morgan fingerprint density at radius 1 is 0.724 bits per heavy atom. The van der Waals surface area contributed by atoms with Crippen molar-refractivity contribution in [2.24, 2.45) is 0 Å². The maximum absolute atomic E-state index is 13.1. The van der Waals surface area contributed by atoms with Gasteiger partial charge in [-0.1, -0.05) is 72.8 Å². The van der Waals surface area contributed by atoms with Crippen molar-refractivity contribution in [3.05, 3.63) is 114 Å². The predicted octanol–water partition coefficient (Wildman–Crippen LogP) is 6.71. The highest BCUT2D eigenvalue weighted by molar-refractivity contribution is 6.09. The highest BCUT2D eigenvalue weighted by Crippen LogP contribution is 2.28. The quantitative estimate of drug-likeness (QED) is 0.419. The lowest BCUT2D eigenvalue weighted by Crippen LogP contribution is -2.14. The SMILES string of the molecule is Cc1ccc(Oc2ccccc2)cc1NC(=O)c1ccccc1-c1ccccc1. The van der Waals surface area contributed by atoms with Crippen molar-refractivity contribution >= 4 is 11.6 Å². The average molecular weight is 379 g/mol. The van der Waals surface area contributed by atoms with Gasteiger partial charge >= 0.3 is 0 Å². The van der Waals surface area contributed by atoms with Crippen molar-refractivity contribution in [3.63, 3.8) is 0 Å². The van der Waals surface area contributed by atoms with E-state index >= 15 is 0 Å². The Bertz CT molecular complexity index is 1120. The molecule has 0 heterocycles. The fourth-order valence-corrected chi connectivity index (χ4v) is 3.16. The molecule has 4 rings (SSSR count). The molecule has 0 fully saturated rings. The average Bonchev–Trinajstić information content (AvgIpc) is 2.77. The standard InChI is InChI=1S/C26H21NO2/c1-19-16-17-22(29-21-12-6-3-7-13-21)18-25(19)27-26(28)24-15-9-8-14-23(24)20-10-4-2-5-11-20/h2-18H,1H3,(H,27,28). The summed E-state index contributed by atoms with van der Waals surface area (Å²) in [5, 5.41) is 3.04. The maximum atomic E-state index is 13.1. The number of benzene rings is 4. The lowest BCUT2D eigenvalue weighted by atomic mass is 9.99. The van der Waals surface area contributed by atoms with E-state index in [0.29, 0.717) is 11.3 Å². The molecule has 1 N–H and O–H groups in total. The molecule has 142 valence electrons. The van der Waals surface area contributed by atoms with Crippen LogP contribution < -0.4 is 10.1 Å². The summed E-state index contributed by atoms with van der Waals surface area (Å²) in [7, 11) is 0. The first-order valence-electron chi connectivity index (χ1n) is 9.50. The Kier molecular flexibility index (Phi) is 5.39. The molecule has 1 amide bonds. The Morgan fingerprint density at radius 2 is 1.38 bits per heavy atom. The fourth-order valence-electron chi connectivity index (χ4n) is 3.16. The van der Waals surface area contributed by atoms with Crippen LogP contribution in [0.3, 0.4) is 0 Å². The number of hydrogen-bond donors (Lipinski definition) is 1. The number of hydrogen-bond acceptors (Lipinski definition) is 2. The molecule has 0 radical (unpaired) electrons. The first-order valence-corrected chi connectivity index (χ1v) is 9.50. The fraction of sp³-hybridized carbons (Fsp3) is 0.0385. The molecule has 29 heavy (non-hydrogen) atoms. The van der Waals surface area contributed by atoms with E-state index < -0.39 is 0 Å². The van der Waals surface area contributed by atoms with Crippen LogP contribution in [0.25, 0.3) is 11.1 Å². The zero-order valence-corrected chi connectivity index (χ0v) is 16.1. The molecule has 3 nitrogen and oxygen atoms in total. The Balaban J connectivity index is 1.60. The monoisotopic (exact) mass is 379 g/mol. The van der Waals surface area contributed by atoms with Gasteiger partial charge in [0.05, 0.1) is 0 Å². The van der Waals surface area contributed by atoms with Crippen molar-refractivity contribution in [2.45, 2.75) is 6.92 Å². The van der Waals surface area contributed by atoms with Crippen molar-refractivity contribution in [2.75, 3.05) is 5.32 Å². The minimum atomic E-state index is -0.149. The molecular formula is C26H21NO2. The number of anilines is 1. The van der Waals surface area contributed by atoms with Crippen LogP contribution in [0.2, 0.25) is 0 Å². The molecule has 0 atom stereocenters. The van der Waals surface area contributed by atoms with Gasteiger partial charge in [-0.3, -0.25) is 4.79 Å². The number of rotatable bonds is 5. The van der Waals surface area contributed by atoms with Gasteiger partial charge in [0.1, 0.15) is 11.5 Å². The summed E-state index contributed by atoms with van der Waals surface area (Å²) < 4.78 is 5.90. The molecule has 0 aliphatic heterocycles. The van der Waals surface area contributed by atoms with Crippen LogP contribution in [0.4, 0.5) is 5.69 Å². The van der Waals surface area contributed by atoms with Crippen LogP contribution in [0.5, 0.6) is 11.5 Å². The van der Waals surface area contributed by atoms with Gasteiger partial charge in [-0.15, -0.1) is 0 Å². The van der Waals surface area contributed by atoms with E-state index in [1.165, 1.54) is 0 Å². The number of ether oxygens (including phenoxy) is 1. The molecule has 0 saturated carbocycles. The third-order valence-corrected chi connectivity index (χ3v) is 4.69. The Morgan fingerprint density at radius 3 is 2.14 bits per heavy atom. The van der Waals surface area contributed by atoms with Crippen molar-refractivity contribution < 1.29 is 9.53 Å². The molecule has 3 heteroatoms. The lowest BCUT2D eigenvalue weighted by Gasteiger charge is -2.14. The van der Waals surface area contributed by atoms with Crippen LogP contribution in [0.15, 0.2) is 103 Å². The minimum Gasteiger partial charge on any atom is -0.457 e. The van der Waals surface area contributed by atoms with E-state index in [1.807, 2.05) is 110 Å². The molecule has 0 bridgehead atoms. The molecule has 4 aromatic rings. The van der Waals surface area contributed by atoms with E-state index in [9.17, 15) is 4.79 Å². The van der Waals surface area contributed by atoms with E-state index in [-0.39, 0.29) is 5.91 Å².